The Bertz CT molecular complexity index is 1020. The highest BCUT2D eigenvalue weighted by molar-refractivity contribution is 7.11. The Kier molecular flexibility index (Phi) is 5.79. The van der Waals surface area contributed by atoms with Crippen LogP contribution in [0.2, 0.25) is 0 Å². The summed E-state index contributed by atoms with van der Waals surface area (Å²) < 4.78 is 12.0. The lowest BCUT2D eigenvalue weighted by Crippen LogP contribution is -2.52. The van der Waals surface area contributed by atoms with Crippen LogP contribution in [0.4, 0.5) is 0 Å². The Morgan fingerprint density at radius 2 is 1.84 bits per heavy atom. The van der Waals surface area contributed by atoms with E-state index in [-0.39, 0.29) is 24.0 Å². The van der Waals surface area contributed by atoms with Crippen LogP contribution in [0.25, 0.3) is 0 Å². The van der Waals surface area contributed by atoms with Gasteiger partial charge in [0, 0.05) is 30.1 Å². The Balaban J connectivity index is 1.48. The molecular formula is C26H27NO3S. The van der Waals surface area contributed by atoms with Gasteiger partial charge in [0.05, 0.1) is 7.11 Å². The molecule has 31 heavy (non-hydrogen) atoms. The first-order chi connectivity index (χ1) is 15.2. The van der Waals surface area contributed by atoms with Gasteiger partial charge in [0.15, 0.2) is 0 Å². The van der Waals surface area contributed by atoms with Gasteiger partial charge in [-0.15, -0.1) is 11.3 Å². The second-order valence-corrected chi connectivity index (χ2v) is 9.34. The molecule has 2 aromatic carbocycles. The van der Waals surface area contributed by atoms with Crippen LogP contribution in [0.15, 0.2) is 72.1 Å². The molecule has 0 spiro atoms. The molecule has 160 valence electrons. The van der Waals surface area contributed by atoms with Crippen LogP contribution < -0.4 is 4.74 Å². The van der Waals surface area contributed by atoms with E-state index < -0.39 is 0 Å². The number of hydrogen-bond acceptors (Lipinski definition) is 5. The number of rotatable bonds is 6. The van der Waals surface area contributed by atoms with Crippen molar-refractivity contribution in [3.63, 3.8) is 0 Å². The second-order valence-electron chi connectivity index (χ2n) is 8.39. The van der Waals surface area contributed by atoms with Crippen LogP contribution >= 0.6 is 11.3 Å². The molecule has 4 atom stereocenters. The highest BCUT2D eigenvalue weighted by Crippen LogP contribution is 2.47. The summed E-state index contributed by atoms with van der Waals surface area (Å²) >= 11 is 1.43. The minimum atomic E-state index is -0.218. The smallest absolute Gasteiger partial charge is 0.348 e. The van der Waals surface area contributed by atoms with Crippen LogP contribution in [0.3, 0.4) is 0 Å². The van der Waals surface area contributed by atoms with Crippen LogP contribution in [0, 0.1) is 0 Å². The molecular weight excluding hydrogens is 406 g/mol. The van der Waals surface area contributed by atoms with Crippen molar-refractivity contribution in [3.8, 4) is 5.75 Å². The number of carbonyl (C=O) groups excluding carboxylic acids is 1. The number of hydrogen-bond donors (Lipinski definition) is 0. The van der Waals surface area contributed by atoms with Gasteiger partial charge >= 0.3 is 5.97 Å². The first kappa shape index (κ1) is 20.3. The third kappa shape index (κ3) is 4.00. The average Bonchev–Trinajstić information content (AvgIpc) is 3.44. The van der Waals surface area contributed by atoms with Gasteiger partial charge in [-0.05, 0) is 42.3 Å². The van der Waals surface area contributed by atoms with Crippen molar-refractivity contribution in [2.45, 2.75) is 49.9 Å². The monoisotopic (exact) mass is 433 g/mol. The summed E-state index contributed by atoms with van der Waals surface area (Å²) in [6.07, 6.45) is 2.95. The van der Waals surface area contributed by atoms with Gasteiger partial charge in [-0.1, -0.05) is 54.6 Å². The molecule has 1 aromatic heterocycles. The lowest BCUT2D eigenvalue weighted by molar-refractivity contribution is -0.0342. The third-order valence-electron chi connectivity index (χ3n) is 6.70. The molecule has 2 aliphatic heterocycles. The minimum absolute atomic E-state index is 0.129. The molecule has 0 amide bonds. The van der Waals surface area contributed by atoms with Crippen LogP contribution in [-0.2, 0) is 11.3 Å². The summed E-state index contributed by atoms with van der Waals surface area (Å²) in [5, 5.41) is 1.92. The summed E-state index contributed by atoms with van der Waals surface area (Å²) in [5.41, 5.74) is 2.45. The van der Waals surface area contributed by atoms with E-state index in [2.05, 4.69) is 41.3 Å². The number of esters is 1. The molecule has 2 saturated heterocycles. The van der Waals surface area contributed by atoms with E-state index in [9.17, 15) is 4.79 Å². The molecule has 0 N–H and O–H groups in total. The molecule has 0 radical (unpaired) electrons. The molecule has 2 aliphatic rings. The molecule has 5 heteroatoms. The van der Waals surface area contributed by atoms with Gasteiger partial charge in [-0.2, -0.15) is 0 Å². The molecule has 3 heterocycles. The number of thiophene rings is 1. The number of para-hydroxylation sites is 1. The average molecular weight is 434 g/mol. The molecule has 0 saturated carbocycles. The van der Waals surface area contributed by atoms with E-state index in [4.69, 9.17) is 9.47 Å². The van der Waals surface area contributed by atoms with Crippen molar-refractivity contribution < 1.29 is 14.3 Å². The van der Waals surface area contributed by atoms with Gasteiger partial charge in [0.1, 0.15) is 16.7 Å². The summed E-state index contributed by atoms with van der Waals surface area (Å²) in [6.45, 7) is 0.891. The fraction of sp³-hybridized carbons (Fsp3) is 0.346. The largest absolute Gasteiger partial charge is 0.496 e. The standard InChI is InChI=1S/C26H27NO3S/c1-29-23-11-6-5-10-20(23)21-16-19-13-14-22(27(19)17-18-8-3-2-4-9-18)25(21)30-26(28)24-12-7-15-31-24/h2-12,15,19,21-22,25H,13-14,16-17H2,1H3. The first-order valence-electron chi connectivity index (χ1n) is 10.9. The molecule has 5 rings (SSSR count). The molecule has 4 unspecified atom stereocenters. The zero-order valence-electron chi connectivity index (χ0n) is 17.6. The first-order valence-corrected chi connectivity index (χ1v) is 11.8. The summed E-state index contributed by atoms with van der Waals surface area (Å²) in [4.78, 5) is 16.2. The van der Waals surface area contributed by atoms with E-state index in [1.165, 1.54) is 16.9 Å². The van der Waals surface area contributed by atoms with Gasteiger partial charge in [-0.25, -0.2) is 4.79 Å². The van der Waals surface area contributed by atoms with E-state index in [0.717, 1.165) is 37.1 Å². The topological polar surface area (TPSA) is 38.8 Å². The van der Waals surface area contributed by atoms with Gasteiger partial charge in [0.25, 0.3) is 0 Å². The van der Waals surface area contributed by atoms with Crippen LogP contribution in [-0.4, -0.2) is 36.2 Å². The van der Waals surface area contributed by atoms with Crippen LogP contribution in [0.1, 0.15) is 46.0 Å². The number of fused-ring (bicyclic) bond motifs is 2. The number of ether oxygens (including phenoxy) is 2. The van der Waals surface area contributed by atoms with Crippen molar-refractivity contribution in [3.05, 3.63) is 88.1 Å². The maximum Gasteiger partial charge on any atom is 0.348 e. The maximum absolute atomic E-state index is 13.0. The van der Waals surface area contributed by atoms with Crippen LogP contribution in [0.5, 0.6) is 5.75 Å². The Morgan fingerprint density at radius 3 is 2.61 bits per heavy atom. The van der Waals surface area contributed by atoms with Gasteiger partial charge < -0.3 is 9.47 Å². The highest BCUT2D eigenvalue weighted by Gasteiger charge is 2.50. The molecule has 4 nitrogen and oxygen atoms in total. The molecule has 3 aromatic rings. The third-order valence-corrected chi connectivity index (χ3v) is 7.55. The van der Waals surface area contributed by atoms with E-state index >= 15 is 0 Å². The summed E-state index contributed by atoms with van der Waals surface area (Å²) in [5.74, 6) is 0.787. The maximum atomic E-state index is 13.0. The fourth-order valence-electron chi connectivity index (χ4n) is 5.32. The van der Waals surface area contributed by atoms with Gasteiger partial charge in [0.2, 0.25) is 0 Å². The molecule has 2 bridgehead atoms. The highest BCUT2D eigenvalue weighted by atomic mass is 32.1. The predicted molar refractivity (Wildman–Crippen MR) is 123 cm³/mol. The second kappa shape index (κ2) is 8.85. The van der Waals surface area contributed by atoms with Crippen molar-refractivity contribution >= 4 is 17.3 Å². The predicted octanol–water partition coefficient (Wildman–Crippen LogP) is 5.50. The Morgan fingerprint density at radius 1 is 1.03 bits per heavy atom. The van der Waals surface area contributed by atoms with E-state index in [0.29, 0.717) is 10.9 Å². The summed E-state index contributed by atoms with van der Waals surface area (Å²) in [7, 11) is 1.71. The Labute approximate surface area is 187 Å². The summed E-state index contributed by atoms with van der Waals surface area (Å²) in [6, 6.07) is 23.2. The van der Waals surface area contributed by atoms with Crippen molar-refractivity contribution in [2.75, 3.05) is 7.11 Å². The van der Waals surface area contributed by atoms with Gasteiger partial charge in [-0.3, -0.25) is 4.90 Å². The number of carbonyl (C=O) groups is 1. The molecule has 0 aliphatic carbocycles. The minimum Gasteiger partial charge on any atom is -0.496 e. The molecule has 2 fully saturated rings. The fourth-order valence-corrected chi connectivity index (χ4v) is 5.93. The van der Waals surface area contributed by atoms with Crippen molar-refractivity contribution in [1.82, 2.24) is 4.90 Å². The number of nitrogens with zero attached hydrogens (tertiary/aromatic N) is 1. The zero-order chi connectivity index (χ0) is 21.2. The normalized spacial score (nSPS) is 25.3. The lowest BCUT2D eigenvalue weighted by atomic mass is 9.81. The van der Waals surface area contributed by atoms with E-state index in [1.807, 2.05) is 35.7 Å². The quantitative estimate of drug-likeness (QED) is 0.481. The van der Waals surface area contributed by atoms with Crippen molar-refractivity contribution in [2.24, 2.45) is 0 Å². The van der Waals surface area contributed by atoms with E-state index in [1.54, 1.807) is 7.11 Å². The number of piperidine rings is 1. The lowest BCUT2D eigenvalue weighted by Gasteiger charge is -2.44. The zero-order valence-corrected chi connectivity index (χ0v) is 18.5. The SMILES string of the molecule is COc1ccccc1C1CC2CCC(C1OC(=O)c1cccs1)N2Cc1ccccc1. The number of benzene rings is 2. The Hall–Kier alpha value is -2.63. The van der Waals surface area contributed by atoms with Crippen molar-refractivity contribution in [1.29, 1.82) is 0 Å². The number of methoxy groups -OCH3 is 1.